The lowest BCUT2D eigenvalue weighted by atomic mass is 10.1. The van der Waals surface area contributed by atoms with E-state index in [4.69, 9.17) is 20.4 Å². The number of nitro groups is 1. The molecule has 8 nitrogen and oxygen atoms in total. The Hall–Kier alpha value is -4.43. The van der Waals surface area contributed by atoms with Gasteiger partial charge in [-0.1, -0.05) is 29.8 Å². The van der Waals surface area contributed by atoms with Gasteiger partial charge < -0.3 is 14.2 Å². The third kappa shape index (κ3) is 4.39. The van der Waals surface area contributed by atoms with Crippen molar-refractivity contribution in [3.05, 3.63) is 98.8 Å². The Balaban J connectivity index is 1.40. The molecule has 5 rings (SSSR count). The number of amides is 1. The largest absolute Gasteiger partial charge is 0.451 e. The summed E-state index contributed by atoms with van der Waals surface area (Å²) in [7, 11) is 0. The van der Waals surface area contributed by atoms with Crippen LogP contribution in [0.2, 0.25) is 5.02 Å². The number of oxazole rings is 1. The second kappa shape index (κ2) is 8.73. The predicted octanol–water partition coefficient (Wildman–Crippen LogP) is 7.19. The monoisotopic (exact) mass is 487 g/mol. The molecule has 0 fully saturated rings. The van der Waals surface area contributed by atoms with Gasteiger partial charge in [0.05, 0.1) is 15.5 Å². The van der Waals surface area contributed by atoms with Crippen LogP contribution in [-0.2, 0) is 0 Å². The molecule has 35 heavy (non-hydrogen) atoms. The van der Waals surface area contributed by atoms with Crippen LogP contribution in [-0.4, -0.2) is 15.8 Å². The van der Waals surface area contributed by atoms with E-state index in [1.165, 1.54) is 18.2 Å². The number of anilines is 1. The van der Waals surface area contributed by atoms with E-state index in [-0.39, 0.29) is 11.4 Å². The SMILES string of the molecule is Cc1cc(C)c2oc(-c3cc(NC(=O)c4ccc(-c5cccc([N+](=O)[O-])c5)o4)ccc3Cl)nc2c1. The lowest BCUT2D eigenvalue weighted by molar-refractivity contribution is -0.384. The second-order valence-corrected chi connectivity index (χ2v) is 8.48. The number of nitrogens with one attached hydrogen (secondary N) is 1. The fourth-order valence-corrected chi connectivity index (χ4v) is 4.04. The number of hydrogen-bond donors (Lipinski definition) is 1. The van der Waals surface area contributed by atoms with Crippen LogP contribution >= 0.6 is 11.6 Å². The number of furan rings is 1. The van der Waals surface area contributed by atoms with Crippen LogP contribution in [0, 0.1) is 24.0 Å². The van der Waals surface area contributed by atoms with E-state index in [1.54, 1.807) is 36.4 Å². The van der Waals surface area contributed by atoms with Crippen LogP contribution in [0.3, 0.4) is 0 Å². The number of fused-ring (bicyclic) bond motifs is 1. The molecule has 174 valence electrons. The minimum Gasteiger partial charge on any atom is -0.451 e. The lowest BCUT2D eigenvalue weighted by Crippen LogP contribution is -2.10. The summed E-state index contributed by atoms with van der Waals surface area (Å²) in [4.78, 5) is 27.9. The van der Waals surface area contributed by atoms with Gasteiger partial charge in [-0.15, -0.1) is 0 Å². The van der Waals surface area contributed by atoms with Gasteiger partial charge in [0.1, 0.15) is 11.3 Å². The summed E-state index contributed by atoms with van der Waals surface area (Å²) in [5.74, 6) is 0.253. The number of nitrogens with zero attached hydrogens (tertiary/aromatic N) is 2. The Bertz CT molecular complexity index is 1620. The Morgan fingerprint density at radius 1 is 1.03 bits per heavy atom. The topological polar surface area (TPSA) is 111 Å². The van der Waals surface area contributed by atoms with Gasteiger partial charge in [-0.25, -0.2) is 4.98 Å². The number of carbonyl (C=O) groups excluding carboxylic acids is 1. The number of benzene rings is 3. The molecule has 0 atom stereocenters. The summed E-state index contributed by atoms with van der Waals surface area (Å²) < 4.78 is 11.6. The number of hydrogen-bond acceptors (Lipinski definition) is 6. The Morgan fingerprint density at radius 3 is 2.66 bits per heavy atom. The van der Waals surface area contributed by atoms with Gasteiger partial charge in [-0.2, -0.15) is 0 Å². The number of halogens is 1. The van der Waals surface area contributed by atoms with E-state index >= 15 is 0 Å². The molecule has 0 aliphatic heterocycles. The van der Waals surface area contributed by atoms with Crippen molar-refractivity contribution in [3.8, 4) is 22.8 Å². The number of aromatic nitrogens is 1. The number of nitro benzene ring substituents is 1. The predicted molar refractivity (Wildman–Crippen MR) is 133 cm³/mol. The third-order valence-electron chi connectivity index (χ3n) is 5.45. The van der Waals surface area contributed by atoms with Crippen LogP contribution in [0.25, 0.3) is 33.9 Å². The first kappa shape index (κ1) is 22.4. The fraction of sp³-hybridized carbons (Fsp3) is 0.0769. The first-order valence-electron chi connectivity index (χ1n) is 10.6. The quantitative estimate of drug-likeness (QED) is 0.207. The molecule has 0 aliphatic rings. The normalized spacial score (nSPS) is 11.1. The van der Waals surface area contributed by atoms with E-state index in [2.05, 4.69) is 10.3 Å². The minimum absolute atomic E-state index is 0.0518. The van der Waals surface area contributed by atoms with Gasteiger partial charge >= 0.3 is 0 Å². The first-order chi connectivity index (χ1) is 16.8. The molecule has 2 heterocycles. The molecule has 0 saturated carbocycles. The first-order valence-corrected chi connectivity index (χ1v) is 11.0. The van der Waals surface area contributed by atoms with E-state index < -0.39 is 10.8 Å². The summed E-state index contributed by atoms with van der Waals surface area (Å²) in [6.07, 6.45) is 0. The van der Waals surface area contributed by atoms with Gasteiger partial charge in [0.25, 0.3) is 11.6 Å². The van der Waals surface area contributed by atoms with E-state index in [9.17, 15) is 14.9 Å². The van der Waals surface area contributed by atoms with Crippen molar-refractivity contribution in [3.63, 3.8) is 0 Å². The van der Waals surface area contributed by atoms with Crippen molar-refractivity contribution >= 4 is 40.0 Å². The second-order valence-electron chi connectivity index (χ2n) is 8.07. The van der Waals surface area contributed by atoms with Crippen molar-refractivity contribution in [1.82, 2.24) is 4.98 Å². The zero-order chi connectivity index (χ0) is 24.7. The number of rotatable bonds is 5. The van der Waals surface area contributed by atoms with Gasteiger partial charge in [0.15, 0.2) is 11.3 Å². The van der Waals surface area contributed by atoms with Crippen LogP contribution in [0.4, 0.5) is 11.4 Å². The summed E-state index contributed by atoms with van der Waals surface area (Å²) in [5.41, 5.74) is 4.89. The van der Waals surface area contributed by atoms with E-state index in [0.29, 0.717) is 39.1 Å². The Kier molecular flexibility index (Phi) is 5.58. The molecule has 1 amide bonds. The van der Waals surface area contributed by atoms with Crippen molar-refractivity contribution in [2.45, 2.75) is 13.8 Å². The maximum atomic E-state index is 12.8. The molecule has 5 aromatic rings. The molecule has 0 aliphatic carbocycles. The molecule has 2 aromatic heterocycles. The maximum absolute atomic E-state index is 12.8. The standard InChI is InChI=1S/C26H18ClN3O5/c1-14-10-15(2)24-21(11-14)29-26(35-24)19-13-17(6-7-20(19)27)28-25(31)23-9-8-22(34-23)16-4-3-5-18(12-16)30(32)33/h3-13H,1-2H3,(H,28,31). The molecule has 0 radical (unpaired) electrons. The van der Waals surface area contributed by atoms with Gasteiger partial charge in [-0.05, 0) is 61.4 Å². The molecule has 0 spiro atoms. The third-order valence-corrected chi connectivity index (χ3v) is 5.78. The number of non-ortho nitro benzene ring substituents is 1. The number of aryl methyl sites for hydroxylation is 2. The summed E-state index contributed by atoms with van der Waals surface area (Å²) in [6.45, 7) is 3.94. The molecule has 9 heteroatoms. The highest BCUT2D eigenvalue weighted by Gasteiger charge is 2.17. The molecule has 0 unspecified atom stereocenters. The van der Waals surface area contributed by atoms with E-state index in [0.717, 1.165) is 16.6 Å². The summed E-state index contributed by atoms with van der Waals surface area (Å²) >= 11 is 6.41. The highest BCUT2D eigenvalue weighted by molar-refractivity contribution is 6.33. The van der Waals surface area contributed by atoms with Gasteiger partial charge in [0, 0.05) is 23.4 Å². The van der Waals surface area contributed by atoms with Crippen LogP contribution in [0.5, 0.6) is 0 Å². The summed E-state index contributed by atoms with van der Waals surface area (Å²) in [5, 5.41) is 14.2. The van der Waals surface area contributed by atoms with E-state index in [1.807, 2.05) is 26.0 Å². The van der Waals surface area contributed by atoms with Crippen LogP contribution < -0.4 is 5.32 Å². The number of carbonyl (C=O) groups is 1. The molecule has 3 aromatic carbocycles. The van der Waals surface area contributed by atoms with Gasteiger partial charge in [-0.3, -0.25) is 14.9 Å². The molecule has 0 bridgehead atoms. The minimum atomic E-state index is -0.489. The Labute approximate surface area is 204 Å². The average Bonchev–Trinajstić information content (AvgIpc) is 3.48. The van der Waals surface area contributed by atoms with Crippen molar-refractivity contribution < 1.29 is 18.6 Å². The van der Waals surface area contributed by atoms with Crippen molar-refractivity contribution in [2.24, 2.45) is 0 Å². The Morgan fingerprint density at radius 2 is 1.86 bits per heavy atom. The summed E-state index contributed by atoms with van der Waals surface area (Å²) in [6, 6.07) is 18.0. The van der Waals surface area contributed by atoms with Gasteiger partial charge in [0.2, 0.25) is 5.89 Å². The smallest absolute Gasteiger partial charge is 0.291 e. The molecular weight excluding hydrogens is 470 g/mol. The maximum Gasteiger partial charge on any atom is 0.291 e. The fourth-order valence-electron chi connectivity index (χ4n) is 3.84. The van der Waals surface area contributed by atoms with Crippen LogP contribution in [0.1, 0.15) is 21.7 Å². The van der Waals surface area contributed by atoms with Crippen LogP contribution in [0.15, 0.2) is 75.6 Å². The highest BCUT2D eigenvalue weighted by Crippen LogP contribution is 2.34. The highest BCUT2D eigenvalue weighted by atomic mass is 35.5. The molecular formula is C26H18ClN3O5. The average molecular weight is 488 g/mol. The zero-order valence-corrected chi connectivity index (χ0v) is 19.4. The van der Waals surface area contributed by atoms with Crippen molar-refractivity contribution in [2.75, 3.05) is 5.32 Å². The molecule has 0 saturated heterocycles. The van der Waals surface area contributed by atoms with Crippen molar-refractivity contribution in [1.29, 1.82) is 0 Å². The zero-order valence-electron chi connectivity index (χ0n) is 18.7. The lowest BCUT2D eigenvalue weighted by Gasteiger charge is -2.06. The molecule has 1 N–H and O–H groups in total.